The molecule has 0 atom stereocenters. The van der Waals surface area contributed by atoms with Gasteiger partial charge in [-0.1, -0.05) is 6.42 Å². The zero-order chi connectivity index (χ0) is 15.3. The molecule has 0 aliphatic heterocycles. The van der Waals surface area contributed by atoms with E-state index in [-0.39, 0.29) is 11.3 Å². The average Bonchev–Trinajstić information content (AvgIpc) is 2.82. The molecular weight excluding hydrogens is 266 g/mol. The first-order valence-electron chi connectivity index (χ1n) is 7.52. The lowest BCUT2D eigenvalue weighted by Gasteiger charge is -2.42. The number of rotatable bonds is 7. The molecule has 1 N–H and O–H groups in total. The summed E-state index contributed by atoms with van der Waals surface area (Å²) in [6.45, 7) is 4.18. The first-order chi connectivity index (χ1) is 10.1. The van der Waals surface area contributed by atoms with E-state index in [1.54, 1.807) is 23.9 Å². The van der Waals surface area contributed by atoms with Crippen LogP contribution in [0.1, 0.15) is 48.7 Å². The van der Waals surface area contributed by atoms with Gasteiger partial charge in [-0.05, 0) is 37.7 Å². The zero-order valence-corrected chi connectivity index (χ0v) is 12.8. The summed E-state index contributed by atoms with van der Waals surface area (Å²) in [6, 6.07) is 3.68. The van der Waals surface area contributed by atoms with Gasteiger partial charge in [0.15, 0.2) is 0 Å². The number of nitrogens with zero attached hydrogens (tertiary/aromatic N) is 2. The third-order valence-electron chi connectivity index (χ3n) is 4.39. The molecule has 0 aromatic carbocycles. The zero-order valence-electron chi connectivity index (χ0n) is 12.8. The van der Waals surface area contributed by atoms with E-state index in [9.17, 15) is 4.79 Å². The lowest BCUT2D eigenvalue weighted by molar-refractivity contribution is 0.0511. The number of aromatic nitrogens is 1. The highest BCUT2D eigenvalue weighted by Gasteiger charge is 2.36. The van der Waals surface area contributed by atoms with Crippen molar-refractivity contribution in [2.45, 2.75) is 32.6 Å². The summed E-state index contributed by atoms with van der Waals surface area (Å²) in [6.07, 6.45) is 6.19. The Morgan fingerprint density at radius 3 is 2.86 bits per heavy atom. The Morgan fingerprint density at radius 2 is 2.33 bits per heavy atom. The maximum absolute atomic E-state index is 12.2. The third kappa shape index (κ3) is 3.64. The van der Waals surface area contributed by atoms with Crippen molar-refractivity contribution in [2.75, 3.05) is 19.8 Å². The van der Waals surface area contributed by atoms with Gasteiger partial charge in [0.05, 0.1) is 5.56 Å². The average molecular weight is 289 g/mol. The van der Waals surface area contributed by atoms with Gasteiger partial charge in [0.25, 0.3) is 5.91 Å². The van der Waals surface area contributed by atoms with Crippen molar-refractivity contribution in [3.8, 4) is 6.07 Å². The van der Waals surface area contributed by atoms with E-state index in [0.29, 0.717) is 17.8 Å². The van der Waals surface area contributed by atoms with Crippen LogP contribution in [0.5, 0.6) is 0 Å². The summed E-state index contributed by atoms with van der Waals surface area (Å²) in [7, 11) is 1.78. The molecule has 21 heavy (non-hydrogen) atoms. The quantitative estimate of drug-likeness (QED) is 0.783. The number of hydrogen-bond donors (Lipinski definition) is 1. The minimum atomic E-state index is -0.110. The molecule has 1 saturated carbocycles. The van der Waals surface area contributed by atoms with E-state index < -0.39 is 0 Å². The molecule has 1 aromatic heterocycles. The Balaban J connectivity index is 1.90. The van der Waals surface area contributed by atoms with Gasteiger partial charge in [0.1, 0.15) is 11.8 Å². The fourth-order valence-electron chi connectivity index (χ4n) is 2.83. The molecule has 1 fully saturated rings. The molecule has 1 heterocycles. The Morgan fingerprint density at radius 1 is 1.57 bits per heavy atom. The Hall–Kier alpha value is -1.80. The van der Waals surface area contributed by atoms with Crippen LogP contribution in [0.15, 0.2) is 12.3 Å². The first kappa shape index (κ1) is 15.6. The maximum atomic E-state index is 12.2. The molecule has 0 radical (unpaired) electrons. The van der Waals surface area contributed by atoms with E-state index in [2.05, 4.69) is 11.4 Å². The van der Waals surface area contributed by atoms with Crippen molar-refractivity contribution in [3.05, 3.63) is 23.5 Å². The minimum Gasteiger partial charge on any atom is -0.382 e. The minimum absolute atomic E-state index is 0.110. The second kappa shape index (κ2) is 6.77. The van der Waals surface area contributed by atoms with Gasteiger partial charge < -0.3 is 14.6 Å². The van der Waals surface area contributed by atoms with Crippen LogP contribution in [0.25, 0.3) is 0 Å². The molecule has 5 heteroatoms. The number of hydrogen-bond acceptors (Lipinski definition) is 3. The van der Waals surface area contributed by atoms with Crippen molar-refractivity contribution in [3.63, 3.8) is 0 Å². The van der Waals surface area contributed by atoms with E-state index in [1.165, 1.54) is 6.42 Å². The number of nitriles is 1. The van der Waals surface area contributed by atoms with Gasteiger partial charge in [-0.15, -0.1) is 0 Å². The number of ether oxygens (including phenoxy) is 1. The molecule has 0 unspecified atom stereocenters. The number of aryl methyl sites for hydroxylation is 1. The van der Waals surface area contributed by atoms with Gasteiger partial charge in [-0.2, -0.15) is 5.26 Å². The van der Waals surface area contributed by atoms with Crippen LogP contribution in [0.2, 0.25) is 0 Å². The number of amides is 1. The van der Waals surface area contributed by atoms with E-state index in [0.717, 1.165) is 32.5 Å². The predicted molar refractivity (Wildman–Crippen MR) is 79.9 cm³/mol. The Kier molecular flexibility index (Phi) is 5.03. The molecule has 1 aromatic rings. The van der Waals surface area contributed by atoms with Crippen molar-refractivity contribution in [1.29, 1.82) is 5.26 Å². The van der Waals surface area contributed by atoms with E-state index >= 15 is 0 Å². The number of nitrogens with one attached hydrogen (secondary N) is 1. The van der Waals surface area contributed by atoms with Gasteiger partial charge >= 0.3 is 0 Å². The fourth-order valence-corrected chi connectivity index (χ4v) is 2.83. The largest absolute Gasteiger partial charge is 0.382 e. The van der Waals surface area contributed by atoms with Gasteiger partial charge in [-0.3, -0.25) is 4.79 Å². The summed E-state index contributed by atoms with van der Waals surface area (Å²) >= 11 is 0. The van der Waals surface area contributed by atoms with Crippen molar-refractivity contribution >= 4 is 5.91 Å². The SMILES string of the molecule is CCOCCC1(CNC(=O)c2cc(C#N)cn2C)CCC1. The smallest absolute Gasteiger partial charge is 0.267 e. The summed E-state index contributed by atoms with van der Waals surface area (Å²) < 4.78 is 7.14. The highest BCUT2D eigenvalue weighted by molar-refractivity contribution is 5.93. The van der Waals surface area contributed by atoms with Crippen LogP contribution in [-0.4, -0.2) is 30.2 Å². The molecule has 1 amide bonds. The molecule has 1 aliphatic rings. The van der Waals surface area contributed by atoms with Crippen LogP contribution < -0.4 is 5.32 Å². The second-order valence-corrected chi connectivity index (χ2v) is 5.82. The summed E-state index contributed by atoms with van der Waals surface area (Å²) in [5, 5.41) is 11.9. The van der Waals surface area contributed by atoms with Gasteiger partial charge in [0.2, 0.25) is 0 Å². The number of carbonyl (C=O) groups excluding carboxylic acids is 1. The van der Waals surface area contributed by atoms with Crippen LogP contribution in [0.4, 0.5) is 0 Å². The molecule has 2 rings (SSSR count). The van der Waals surface area contributed by atoms with E-state index in [4.69, 9.17) is 10.00 Å². The van der Waals surface area contributed by atoms with Crippen LogP contribution in [0.3, 0.4) is 0 Å². The van der Waals surface area contributed by atoms with Crippen molar-refractivity contribution < 1.29 is 9.53 Å². The fraction of sp³-hybridized carbons (Fsp3) is 0.625. The lowest BCUT2D eigenvalue weighted by atomic mass is 9.66. The van der Waals surface area contributed by atoms with Crippen LogP contribution >= 0.6 is 0 Å². The first-order valence-corrected chi connectivity index (χ1v) is 7.52. The van der Waals surface area contributed by atoms with Crippen molar-refractivity contribution in [1.82, 2.24) is 9.88 Å². The molecule has 0 saturated heterocycles. The van der Waals surface area contributed by atoms with E-state index in [1.807, 2.05) is 6.92 Å². The molecule has 114 valence electrons. The highest BCUT2D eigenvalue weighted by atomic mass is 16.5. The monoisotopic (exact) mass is 289 g/mol. The summed E-state index contributed by atoms with van der Waals surface area (Å²) in [4.78, 5) is 12.2. The predicted octanol–water partition coefficient (Wildman–Crippen LogP) is 2.22. The second-order valence-electron chi connectivity index (χ2n) is 5.82. The number of carbonyl (C=O) groups is 1. The maximum Gasteiger partial charge on any atom is 0.267 e. The van der Waals surface area contributed by atoms with Crippen molar-refractivity contribution in [2.24, 2.45) is 12.5 Å². The third-order valence-corrected chi connectivity index (χ3v) is 4.39. The topological polar surface area (TPSA) is 67.0 Å². The molecular formula is C16H23N3O2. The standard InChI is InChI=1S/C16H23N3O2/c1-3-21-8-7-16(5-4-6-16)12-18-15(20)14-9-13(10-17)11-19(14)2/h9,11H,3-8,12H2,1-2H3,(H,18,20). The lowest BCUT2D eigenvalue weighted by Crippen LogP contribution is -2.43. The summed E-state index contributed by atoms with van der Waals surface area (Å²) in [5.74, 6) is -0.110. The summed E-state index contributed by atoms with van der Waals surface area (Å²) in [5.41, 5.74) is 1.25. The highest BCUT2D eigenvalue weighted by Crippen LogP contribution is 2.43. The van der Waals surface area contributed by atoms with Gasteiger partial charge in [0, 0.05) is 33.0 Å². The molecule has 0 bridgehead atoms. The Bertz CT molecular complexity index is 538. The normalized spacial score (nSPS) is 16.0. The molecule has 0 spiro atoms. The van der Waals surface area contributed by atoms with Gasteiger partial charge in [-0.25, -0.2) is 0 Å². The molecule has 5 nitrogen and oxygen atoms in total. The van der Waals surface area contributed by atoms with Crippen LogP contribution in [-0.2, 0) is 11.8 Å². The molecule has 1 aliphatic carbocycles. The van der Waals surface area contributed by atoms with Crippen LogP contribution in [0, 0.1) is 16.7 Å². The Labute approximate surface area is 125 Å².